The van der Waals surface area contributed by atoms with Gasteiger partial charge < -0.3 is 4.74 Å². The van der Waals surface area contributed by atoms with E-state index in [2.05, 4.69) is 20.2 Å². The molecule has 0 amide bonds. The van der Waals surface area contributed by atoms with Crippen LogP contribution in [0.4, 0.5) is 4.39 Å². The number of rotatable bonds is 5. The number of ether oxygens (including phenoxy) is 1. The molecular weight excluding hydrogens is 369 g/mol. The summed E-state index contributed by atoms with van der Waals surface area (Å²) in [7, 11) is 1.53. The molecule has 2 aromatic heterocycles. The van der Waals surface area contributed by atoms with Gasteiger partial charge in [-0.05, 0) is 30.3 Å². The van der Waals surface area contributed by atoms with Crippen LogP contribution in [0.15, 0.2) is 58.7 Å². The highest BCUT2D eigenvalue weighted by molar-refractivity contribution is 7.98. The fourth-order valence-electron chi connectivity index (χ4n) is 2.70. The van der Waals surface area contributed by atoms with Crippen LogP contribution in [-0.4, -0.2) is 31.8 Å². The van der Waals surface area contributed by atoms with Crippen molar-refractivity contribution in [2.75, 3.05) is 7.11 Å². The zero-order valence-electron chi connectivity index (χ0n) is 14.2. The zero-order chi connectivity index (χ0) is 18.8. The predicted octanol–water partition coefficient (Wildman–Crippen LogP) is 2.94. The largest absolute Gasteiger partial charge is 0.496 e. The van der Waals surface area contributed by atoms with Crippen LogP contribution in [-0.2, 0) is 5.75 Å². The Kier molecular flexibility index (Phi) is 4.59. The van der Waals surface area contributed by atoms with Gasteiger partial charge in [-0.15, -0.1) is 0 Å². The minimum atomic E-state index is -0.356. The molecule has 0 atom stereocenters. The molecule has 0 unspecified atom stereocenters. The highest BCUT2D eigenvalue weighted by atomic mass is 32.2. The van der Waals surface area contributed by atoms with Crippen molar-refractivity contribution < 1.29 is 9.13 Å². The Bertz CT molecular complexity index is 1160. The fraction of sp³-hybridized carbons (Fsp3) is 0.111. The second-order valence-corrected chi connectivity index (χ2v) is 6.55. The average Bonchev–Trinajstić information content (AvgIpc) is 3.21. The maximum atomic E-state index is 13.6. The summed E-state index contributed by atoms with van der Waals surface area (Å²) >= 11 is 1.28. The number of methoxy groups -OCH3 is 1. The standard InChI is InChI=1S/C18H14FN5O2S/c1-26-15-7-6-12(19)8-11(15)9-27-18-22-14-5-3-2-4-13(14)16(25)24(18)17-20-10-21-23-17/h2-8,10H,9H2,1H3,(H,20,21,23). The maximum Gasteiger partial charge on any atom is 0.269 e. The van der Waals surface area contributed by atoms with Crippen molar-refractivity contribution in [1.29, 1.82) is 0 Å². The average molecular weight is 383 g/mol. The van der Waals surface area contributed by atoms with Crippen molar-refractivity contribution >= 4 is 22.7 Å². The number of hydrogen-bond acceptors (Lipinski definition) is 6. The number of thioether (sulfide) groups is 1. The van der Waals surface area contributed by atoms with Gasteiger partial charge in [0.1, 0.15) is 17.9 Å². The first-order chi connectivity index (χ1) is 13.2. The molecule has 2 aromatic carbocycles. The third-order valence-electron chi connectivity index (χ3n) is 3.96. The quantitative estimate of drug-likeness (QED) is 0.421. The van der Waals surface area contributed by atoms with Crippen molar-refractivity contribution in [3.8, 4) is 11.7 Å². The maximum absolute atomic E-state index is 13.6. The molecule has 0 spiro atoms. The molecule has 4 aromatic rings. The van der Waals surface area contributed by atoms with E-state index in [4.69, 9.17) is 4.74 Å². The minimum Gasteiger partial charge on any atom is -0.496 e. The van der Waals surface area contributed by atoms with Crippen LogP contribution in [0, 0.1) is 5.82 Å². The van der Waals surface area contributed by atoms with E-state index in [0.29, 0.717) is 33.1 Å². The summed E-state index contributed by atoms with van der Waals surface area (Å²) in [6.07, 6.45) is 1.32. The molecule has 0 aliphatic carbocycles. The summed E-state index contributed by atoms with van der Waals surface area (Å²) in [6.45, 7) is 0. The number of nitrogens with zero attached hydrogens (tertiary/aromatic N) is 4. The number of benzene rings is 2. The summed E-state index contributed by atoms with van der Waals surface area (Å²) in [4.78, 5) is 21.6. The van der Waals surface area contributed by atoms with Crippen molar-refractivity contribution in [1.82, 2.24) is 24.7 Å². The number of aromatic amines is 1. The topological polar surface area (TPSA) is 85.7 Å². The van der Waals surface area contributed by atoms with Crippen molar-refractivity contribution in [3.63, 3.8) is 0 Å². The van der Waals surface area contributed by atoms with E-state index >= 15 is 0 Å². The van der Waals surface area contributed by atoms with Crippen molar-refractivity contribution in [3.05, 3.63) is 70.5 Å². The Morgan fingerprint density at radius 2 is 2.11 bits per heavy atom. The molecule has 0 bridgehead atoms. The number of nitrogens with one attached hydrogen (secondary N) is 1. The Labute approximate surface area is 157 Å². The number of fused-ring (bicyclic) bond motifs is 1. The molecule has 1 N–H and O–H groups in total. The normalized spacial score (nSPS) is 11.0. The molecular formula is C18H14FN5O2S. The van der Waals surface area contributed by atoms with E-state index in [1.807, 2.05) is 6.07 Å². The number of aromatic nitrogens is 5. The molecule has 7 nitrogen and oxygen atoms in total. The molecule has 0 radical (unpaired) electrons. The van der Waals surface area contributed by atoms with E-state index in [1.54, 1.807) is 24.3 Å². The first-order valence-electron chi connectivity index (χ1n) is 8.00. The SMILES string of the molecule is COc1ccc(F)cc1CSc1nc2ccccc2c(=O)n1-c1ncn[nH]1. The van der Waals surface area contributed by atoms with Crippen LogP contribution >= 0.6 is 11.8 Å². The minimum absolute atomic E-state index is 0.258. The Morgan fingerprint density at radius 1 is 1.26 bits per heavy atom. The molecule has 136 valence electrons. The predicted molar refractivity (Wildman–Crippen MR) is 99.8 cm³/mol. The Balaban J connectivity index is 1.80. The molecule has 9 heteroatoms. The molecule has 0 aliphatic rings. The van der Waals surface area contributed by atoms with Gasteiger partial charge in [0.2, 0.25) is 5.95 Å². The molecule has 4 rings (SSSR count). The van der Waals surface area contributed by atoms with Crippen LogP contribution in [0.2, 0.25) is 0 Å². The summed E-state index contributed by atoms with van der Waals surface area (Å²) in [5.41, 5.74) is 0.979. The van der Waals surface area contributed by atoms with E-state index < -0.39 is 0 Å². The third-order valence-corrected chi connectivity index (χ3v) is 4.95. The lowest BCUT2D eigenvalue weighted by Gasteiger charge is -2.12. The smallest absolute Gasteiger partial charge is 0.269 e. The zero-order valence-corrected chi connectivity index (χ0v) is 15.0. The summed E-state index contributed by atoms with van der Waals surface area (Å²) < 4.78 is 20.3. The molecule has 0 aliphatic heterocycles. The van der Waals surface area contributed by atoms with Crippen LogP contribution in [0.5, 0.6) is 5.75 Å². The van der Waals surface area contributed by atoms with Gasteiger partial charge in [0.15, 0.2) is 5.16 Å². The van der Waals surface area contributed by atoms with E-state index in [9.17, 15) is 9.18 Å². The second kappa shape index (κ2) is 7.20. The van der Waals surface area contributed by atoms with E-state index in [-0.39, 0.29) is 17.3 Å². The van der Waals surface area contributed by atoms with E-state index in [1.165, 1.54) is 41.9 Å². The van der Waals surface area contributed by atoms with E-state index in [0.717, 1.165) is 0 Å². The van der Waals surface area contributed by atoms with Crippen LogP contribution in [0.25, 0.3) is 16.9 Å². The number of hydrogen-bond donors (Lipinski definition) is 1. The molecule has 0 fully saturated rings. The number of H-pyrrole nitrogens is 1. The molecule has 2 heterocycles. The van der Waals surface area contributed by atoms with Gasteiger partial charge in [-0.1, -0.05) is 23.9 Å². The van der Waals surface area contributed by atoms with Gasteiger partial charge in [-0.25, -0.2) is 19.0 Å². The van der Waals surface area contributed by atoms with Crippen molar-refractivity contribution in [2.24, 2.45) is 0 Å². The molecule has 0 saturated carbocycles. The first-order valence-corrected chi connectivity index (χ1v) is 8.98. The van der Waals surface area contributed by atoms with Gasteiger partial charge in [0.25, 0.3) is 5.56 Å². The first kappa shape index (κ1) is 17.2. The van der Waals surface area contributed by atoms with Gasteiger partial charge in [-0.3, -0.25) is 4.79 Å². The summed E-state index contributed by atoms with van der Waals surface area (Å²) in [5, 5.41) is 7.40. The van der Waals surface area contributed by atoms with Gasteiger partial charge in [0, 0.05) is 11.3 Å². The van der Waals surface area contributed by atoms with Gasteiger partial charge >= 0.3 is 0 Å². The number of halogens is 1. The summed E-state index contributed by atoms with van der Waals surface area (Å²) in [5.74, 6) is 0.843. The molecule has 27 heavy (non-hydrogen) atoms. The van der Waals surface area contributed by atoms with Crippen molar-refractivity contribution in [2.45, 2.75) is 10.9 Å². The summed E-state index contributed by atoms with van der Waals surface area (Å²) in [6, 6.07) is 11.4. The monoisotopic (exact) mass is 383 g/mol. The molecule has 0 saturated heterocycles. The number of para-hydroxylation sites is 1. The van der Waals surface area contributed by atoms with Gasteiger partial charge in [-0.2, -0.15) is 10.1 Å². The van der Waals surface area contributed by atoms with Gasteiger partial charge in [0.05, 0.1) is 18.0 Å². The Morgan fingerprint density at radius 3 is 2.89 bits per heavy atom. The Hall–Kier alpha value is -3.20. The highest BCUT2D eigenvalue weighted by Crippen LogP contribution is 2.28. The highest BCUT2D eigenvalue weighted by Gasteiger charge is 2.16. The van der Waals surface area contributed by atoms with Crippen LogP contribution in [0.3, 0.4) is 0 Å². The third kappa shape index (κ3) is 3.28. The second-order valence-electron chi connectivity index (χ2n) is 5.61. The fourth-order valence-corrected chi connectivity index (χ4v) is 3.68. The van der Waals surface area contributed by atoms with Crippen LogP contribution < -0.4 is 10.3 Å². The lowest BCUT2D eigenvalue weighted by Crippen LogP contribution is -2.22. The lowest BCUT2D eigenvalue weighted by atomic mass is 10.2. The van der Waals surface area contributed by atoms with Crippen LogP contribution in [0.1, 0.15) is 5.56 Å². The lowest BCUT2D eigenvalue weighted by molar-refractivity contribution is 0.410.